The molecule has 2 heterocycles. The zero-order chi connectivity index (χ0) is 19.2. The molecule has 0 atom stereocenters. The molecule has 0 radical (unpaired) electrons. The van der Waals surface area contributed by atoms with E-state index in [1.54, 1.807) is 6.33 Å². The van der Waals surface area contributed by atoms with Crippen LogP contribution in [-0.2, 0) is 4.79 Å². The Morgan fingerprint density at radius 3 is 2.56 bits per heavy atom. The van der Waals surface area contributed by atoms with Gasteiger partial charge in [-0.05, 0) is 31.5 Å². The molecule has 2 aromatic rings. The van der Waals surface area contributed by atoms with E-state index in [1.165, 1.54) is 0 Å². The number of hydrogen-bond acceptors (Lipinski definition) is 6. The monoisotopic (exact) mass is 369 g/mol. The van der Waals surface area contributed by atoms with Gasteiger partial charge in [0.05, 0.1) is 6.54 Å². The lowest BCUT2D eigenvalue weighted by Crippen LogP contribution is -2.46. The average Bonchev–Trinajstić information content (AvgIpc) is 2.72. The number of rotatable bonds is 7. The summed E-state index contributed by atoms with van der Waals surface area (Å²) in [5, 5.41) is 9.08. The Labute approximate surface area is 160 Å². The van der Waals surface area contributed by atoms with Gasteiger partial charge >= 0.3 is 5.97 Å². The van der Waals surface area contributed by atoms with Crippen molar-refractivity contribution in [2.24, 2.45) is 0 Å². The topological polar surface area (TPSA) is 72.8 Å². The maximum absolute atomic E-state index is 11.0. The summed E-state index contributed by atoms with van der Waals surface area (Å²) in [5.74, 6) is 1.01. The number of anilines is 3. The SMILES string of the molecule is CCN(CC(=O)O)C1CCN(c2cc(N(C)c3ccccc3)ncn2)CC1. The second-order valence-corrected chi connectivity index (χ2v) is 6.80. The van der Waals surface area contributed by atoms with Crippen LogP contribution in [0, 0.1) is 0 Å². The van der Waals surface area contributed by atoms with Gasteiger partial charge in [-0.2, -0.15) is 0 Å². The molecule has 1 aromatic carbocycles. The maximum Gasteiger partial charge on any atom is 0.317 e. The Hall–Kier alpha value is -2.67. The standard InChI is InChI=1S/C20H27N5O2/c1-3-24(14-20(26)27)17-9-11-25(12-10-17)19-13-18(21-15-22-19)23(2)16-7-5-4-6-8-16/h4-8,13,15,17H,3,9-12,14H2,1-2H3,(H,26,27). The van der Waals surface area contributed by atoms with Gasteiger partial charge in [0.25, 0.3) is 0 Å². The van der Waals surface area contributed by atoms with E-state index in [-0.39, 0.29) is 6.54 Å². The molecule has 1 fully saturated rings. The van der Waals surface area contributed by atoms with Gasteiger partial charge in [-0.15, -0.1) is 0 Å². The molecule has 1 aromatic heterocycles. The first-order valence-electron chi connectivity index (χ1n) is 9.40. The van der Waals surface area contributed by atoms with Crippen molar-refractivity contribution < 1.29 is 9.90 Å². The molecular formula is C20H27N5O2. The first-order valence-corrected chi connectivity index (χ1v) is 9.40. The number of hydrogen-bond donors (Lipinski definition) is 1. The molecule has 0 bridgehead atoms. The van der Waals surface area contributed by atoms with Gasteiger partial charge in [0.1, 0.15) is 18.0 Å². The number of carbonyl (C=O) groups is 1. The first-order chi connectivity index (χ1) is 13.1. The lowest BCUT2D eigenvalue weighted by molar-refractivity contribution is -0.139. The van der Waals surface area contributed by atoms with E-state index in [0.29, 0.717) is 6.04 Å². The van der Waals surface area contributed by atoms with Gasteiger partial charge in [0.15, 0.2) is 0 Å². The predicted molar refractivity (Wildman–Crippen MR) is 107 cm³/mol. The predicted octanol–water partition coefficient (Wildman–Crippen LogP) is 2.62. The van der Waals surface area contributed by atoms with Gasteiger partial charge < -0.3 is 14.9 Å². The largest absolute Gasteiger partial charge is 0.480 e. The van der Waals surface area contributed by atoms with Crippen molar-refractivity contribution in [1.29, 1.82) is 0 Å². The Kier molecular flexibility index (Phi) is 6.24. The van der Waals surface area contributed by atoms with Gasteiger partial charge in [0.2, 0.25) is 0 Å². The molecule has 0 saturated carbocycles. The normalized spacial score (nSPS) is 15.1. The van der Waals surface area contributed by atoms with Gasteiger partial charge in [-0.3, -0.25) is 9.69 Å². The van der Waals surface area contributed by atoms with Crippen LogP contribution in [0.25, 0.3) is 0 Å². The van der Waals surface area contributed by atoms with Crippen LogP contribution in [0.1, 0.15) is 19.8 Å². The van der Waals surface area contributed by atoms with E-state index in [2.05, 4.69) is 27.0 Å². The van der Waals surface area contributed by atoms with Crippen LogP contribution in [0.15, 0.2) is 42.7 Å². The minimum Gasteiger partial charge on any atom is -0.480 e. The third-order valence-electron chi connectivity index (χ3n) is 5.17. The van der Waals surface area contributed by atoms with E-state index < -0.39 is 5.97 Å². The average molecular weight is 369 g/mol. The second-order valence-electron chi connectivity index (χ2n) is 6.80. The molecule has 3 rings (SSSR count). The highest BCUT2D eigenvalue weighted by Crippen LogP contribution is 2.26. The molecule has 1 N–H and O–H groups in total. The summed E-state index contributed by atoms with van der Waals surface area (Å²) >= 11 is 0. The number of aromatic nitrogens is 2. The number of likely N-dealkylation sites (N-methyl/N-ethyl adjacent to an activating group) is 1. The molecular weight excluding hydrogens is 342 g/mol. The fraction of sp³-hybridized carbons (Fsp3) is 0.450. The molecule has 0 amide bonds. The van der Waals surface area contributed by atoms with Crippen LogP contribution in [0.5, 0.6) is 0 Å². The van der Waals surface area contributed by atoms with Crippen LogP contribution < -0.4 is 9.80 Å². The minimum atomic E-state index is -0.760. The highest BCUT2D eigenvalue weighted by Gasteiger charge is 2.26. The van der Waals surface area contributed by atoms with E-state index in [9.17, 15) is 4.79 Å². The maximum atomic E-state index is 11.0. The van der Waals surface area contributed by atoms with Crippen molar-refractivity contribution in [3.05, 3.63) is 42.7 Å². The van der Waals surface area contributed by atoms with Crippen molar-refractivity contribution in [2.45, 2.75) is 25.8 Å². The third-order valence-corrected chi connectivity index (χ3v) is 5.17. The lowest BCUT2D eigenvalue weighted by atomic mass is 10.0. The number of para-hydroxylation sites is 1. The molecule has 0 aliphatic carbocycles. The van der Waals surface area contributed by atoms with Crippen molar-refractivity contribution in [3.8, 4) is 0 Å². The number of carboxylic acid groups (broad SMARTS) is 1. The molecule has 27 heavy (non-hydrogen) atoms. The molecule has 1 aliphatic rings. The highest BCUT2D eigenvalue weighted by atomic mass is 16.4. The van der Waals surface area contributed by atoms with Crippen LogP contribution in [0.2, 0.25) is 0 Å². The molecule has 0 unspecified atom stereocenters. The molecule has 1 aliphatic heterocycles. The zero-order valence-electron chi connectivity index (χ0n) is 16.0. The van der Waals surface area contributed by atoms with Gasteiger partial charge in [-0.1, -0.05) is 25.1 Å². The molecule has 144 valence electrons. The zero-order valence-corrected chi connectivity index (χ0v) is 16.0. The number of aliphatic carboxylic acids is 1. The fourth-order valence-corrected chi connectivity index (χ4v) is 3.61. The Morgan fingerprint density at radius 2 is 1.93 bits per heavy atom. The van der Waals surface area contributed by atoms with Crippen molar-refractivity contribution >= 4 is 23.3 Å². The Balaban J connectivity index is 1.66. The van der Waals surface area contributed by atoms with Crippen molar-refractivity contribution in [1.82, 2.24) is 14.9 Å². The van der Waals surface area contributed by atoms with Gasteiger partial charge in [-0.25, -0.2) is 9.97 Å². The minimum absolute atomic E-state index is 0.112. The van der Waals surface area contributed by atoms with Crippen LogP contribution in [0.3, 0.4) is 0 Å². The van der Waals surface area contributed by atoms with Gasteiger partial charge in [0, 0.05) is 37.9 Å². The van der Waals surface area contributed by atoms with Crippen LogP contribution >= 0.6 is 0 Å². The smallest absolute Gasteiger partial charge is 0.317 e. The first kappa shape index (κ1) is 19.1. The summed E-state index contributed by atoms with van der Waals surface area (Å²) in [6.45, 7) is 4.63. The summed E-state index contributed by atoms with van der Waals surface area (Å²) in [4.78, 5) is 26.3. The summed E-state index contributed by atoms with van der Waals surface area (Å²) in [6, 6.07) is 12.4. The fourth-order valence-electron chi connectivity index (χ4n) is 3.61. The molecule has 7 nitrogen and oxygen atoms in total. The Bertz CT molecular complexity index is 747. The third kappa shape index (κ3) is 4.74. The summed E-state index contributed by atoms with van der Waals surface area (Å²) < 4.78 is 0. The number of piperidine rings is 1. The lowest BCUT2D eigenvalue weighted by Gasteiger charge is -2.38. The molecule has 1 saturated heterocycles. The summed E-state index contributed by atoms with van der Waals surface area (Å²) in [6.07, 6.45) is 3.49. The van der Waals surface area contributed by atoms with Crippen LogP contribution in [0.4, 0.5) is 17.3 Å². The highest BCUT2D eigenvalue weighted by molar-refractivity contribution is 5.69. The number of nitrogens with zero attached hydrogens (tertiary/aromatic N) is 5. The van der Waals surface area contributed by atoms with Crippen LogP contribution in [-0.4, -0.2) is 65.2 Å². The van der Waals surface area contributed by atoms with Crippen molar-refractivity contribution in [2.75, 3.05) is 43.0 Å². The Morgan fingerprint density at radius 1 is 1.22 bits per heavy atom. The second kappa shape index (κ2) is 8.81. The van der Waals surface area contributed by atoms with E-state index in [1.807, 2.05) is 48.0 Å². The molecule has 0 spiro atoms. The van der Waals surface area contributed by atoms with E-state index in [0.717, 1.165) is 49.8 Å². The van der Waals surface area contributed by atoms with E-state index >= 15 is 0 Å². The summed E-state index contributed by atoms with van der Waals surface area (Å²) in [5.41, 5.74) is 1.08. The van der Waals surface area contributed by atoms with Crippen molar-refractivity contribution in [3.63, 3.8) is 0 Å². The van der Waals surface area contributed by atoms with E-state index in [4.69, 9.17) is 5.11 Å². The number of carboxylic acids is 1. The molecule has 7 heteroatoms. The number of benzene rings is 1. The summed E-state index contributed by atoms with van der Waals surface area (Å²) in [7, 11) is 2.00. The quantitative estimate of drug-likeness (QED) is 0.804.